The van der Waals surface area contributed by atoms with E-state index in [1.807, 2.05) is 26.0 Å². The second kappa shape index (κ2) is 8.63. The van der Waals surface area contributed by atoms with E-state index >= 15 is 0 Å². The highest BCUT2D eigenvalue weighted by molar-refractivity contribution is 9.10. The third-order valence-corrected chi connectivity index (χ3v) is 5.25. The van der Waals surface area contributed by atoms with Crippen LogP contribution in [0, 0.1) is 0 Å². The zero-order valence-corrected chi connectivity index (χ0v) is 17.3. The summed E-state index contributed by atoms with van der Waals surface area (Å²) in [5, 5.41) is -0.319. The van der Waals surface area contributed by atoms with E-state index in [1.165, 1.54) is 4.90 Å². The highest BCUT2D eigenvalue weighted by atomic mass is 79.9. The van der Waals surface area contributed by atoms with Crippen LogP contribution in [0.25, 0.3) is 6.08 Å². The molecule has 5 nitrogen and oxygen atoms in total. The van der Waals surface area contributed by atoms with Gasteiger partial charge in [-0.3, -0.25) is 9.59 Å². The first-order valence-electron chi connectivity index (χ1n) is 8.47. The summed E-state index contributed by atoms with van der Waals surface area (Å²) in [4.78, 5) is 26.7. The van der Waals surface area contributed by atoms with E-state index in [1.54, 1.807) is 36.4 Å². The number of para-hydroxylation sites is 1. The highest BCUT2D eigenvalue weighted by Gasteiger charge is 2.36. The van der Waals surface area contributed by atoms with Gasteiger partial charge in [0.2, 0.25) is 0 Å². The Morgan fingerprint density at radius 3 is 2.37 bits per heavy atom. The second-order valence-electron chi connectivity index (χ2n) is 5.54. The maximum Gasteiger partial charge on any atom is 0.298 e. The molecule has 140 valence electrons. The Kier molecular flexibility index (Phi) is 6.23. The molecular weight excluding hydrogens is 430 g/mol. The van der Waals surface area contributed by atoms with E-state index in [9.17, 15) is 9.59 Å². The monoisotopic (exact) mass is 447 g/mol. The molecule has 0 N–H and O–H groups in total. The molecule has 3 rings (SSSR count). The van der Waals surface area contributed by atoms with Crippen molar-refractivity contribution in [3.8, 4) is 11.5 Å². The van der Waals surface area contributed by atoms with Crippen molar-refractivity contribution < 1.29 is 19.1 Å². The van der Waals surface area contributed by atoms with Gasteiger partial charge in [-0.05, 0) is 65.8 Å². The number of carbonyl (C=O) groups is 2. The Balaban J connectivity index is 1.98. The number of ether oxygens (including phenoxy) is 2. The van der Waals surface area contributed by atoms with Gasteiger partial charge in [0.05, 0.1) is 28.3 Å². The fourth-order valence-electron chi connectivity index (χ4n) is 2.62. The molecule has 0 unspecified atom stereocenters. The Labute approximate surface area is 170 Å². The van der Waals surface area contributed by atoms with Crippen LogP contribution in [0.2, 0.25) is 0 Å². The molecule has 0 bridgehead atoms. The maximum absolute atomic E-state index is 12.8. The predicted molar refractivity (Wildman–Crippen MR) is 111 cm³/mol. The van der Waals surface area contributed by atoms with Crippen LogP contribution in [0.15, 0.2) is 51.8 Å². The first kappa shape index (κ1) is 19.5. The number of anilines is 1. The molecule has 0 aliphatic carbocycles. The molecule has 0 atom stereocenters. The molecule has 0 aromatic heterocycles. The minimum atomic E-state index is -0.344. The number of hydrogen-bond donors (Lipinski definition) is 0. The number of carbonyl (C=O) groups excluding carboxylic acids is 2. The molecule has 1 saturated heterocycles. The SMILES string of the molecule is CCOc1cc(OCC)c(/C=C2\SC(=O)N(c3ccccc3)C2=O)cc1Br. The van der Waals surface area contributed by atoms with Crippen molar-refractivity contribution in [2.45, 2.75) is 13.8 Å². The van der Waals surface area contributed by atoms with E-state index in [4.69, 9.17) is 9.47 Å². The molecule has 0 saturated carbocycles. The molecule has 1 aliphatic rings. The lowest BCUT2D eigenvalue weighted by Crippen LogP contribution is -2.27. The lowest BCUT2D eigenvalue weighted by molar-refractivity contribution is -0.113. The molecular formula is C20H18BrNO4S. The summed E-state index contributed by atoms with van der Waals surface area (Å²) in [6.45, 7) is 4.79. The van der Waals surface area contributed by atoms with Gasteiger partial charge in [0.15, 0.2) is 0 Å². The smallest absolute Gasteiger partial charge is 0.298 e. The van der Waals surface area contributed by atoms with Gasteiger partial charge in [-0.15, -0.1) is 0 Å². The van der Waals surface area contributed by atoms with Gasteiger partial charge in [-0.1, -0.05) is 18.2 Å². The summed E-state index contributed by atoms with van der Waals surface area (Å²) in [5.74, 6) is 0.912. The average molecular weight is 448 g/mol. The first-order valence-corrected chi connectivity index (χ1v) is 10.1. The summed E-state index contributed by atoms with van der Waals surface area (Å²) in [6, 6.07) is 12.5. The number of thioether (sulfide) groups is 1. The van der Waals surface area contributed by atoms with E-state index in [0.717, 1.165) is 16.2 Å². The summed E-state index contributed by atoms with van der Waals surface area (Å²) >= 11 is 4.39. The predicted octanol–water partition coefficient (Wildman–Crippen LogP) is 5.49. The number of amides is 2. The molecule has 27 heavy (non-hydrogen) atoms. The van der Waals surface area contributed by atoms with E-state index in [2.05, 4.69) is 15.9 Å². The molecule has 2 aromatic carbocycles. The van der Waals surface area contributed by atoms with E-state index in [0.29, 0.717) is 40.9 Å². The van der Waals surface area contributed by atoms with Crippen LogP contribution in [-0.4, -0.2) is 24.4 Å². The van der Waals surface area contributed by atoms with E-state index < -0.39 is 0 Å². The van der Waals surface area contributed by atoms with Gasteiger partial charge in [0, 0.05) is 11.6 Å². The van der Waals surface area contributed by atoms with Gasteiger partial charge < -0.3 is 9.47 Å². The maximum atomic E-state index is 12.8. The largest absolute Gasteiger partial charge is 0.493 e. The quantitative estimate of drug-likeness (QED) is 0.548. The number of nitrogens with zero attached hydrogens (tertiary/aromatic N) is 1. The zero-order valence-electron chi connectivity index (χ0n) is 14.9. The molecule has 0 radical (unpaired) electrons. The van der Waals surface area contributed by atoms with Crippen molar-refractivity contribution in [3.63, 3.8) is 0 Å². The summed E-state index contributed by atoms with van der Waals surface area (Å²) in [6.07, 6.45) is 1.68. The highest BCUT2D eigenvalue weighted by Crippen LogP contribution is 2.39. The second-order valence-corrected chi connectivity index (χ2v) is 7.39. The summed E-state index contributed by atoms with van der Waals surface area (Å²) in [5.41, 5.74) is 1.26. The minimum absolute atomic E-state index is 0.319. The summed E-state index contributed by atoms with van der Waals surface area (Å²) < 4.78 is 12.0. The molecule has 0 spiro atoms. The Hall–Kier alpha value is -2.25. The number of hydrogen-bond acceptors (Lipinski definition) is 5. The Morgan fingerprint density at radius 2 is 1.70 bits per heavy atom. The fraction of sp³-hybridized carbons (Fsp3) is 0.200. The van der Waals surface area contributed by atoms with Gasteiger partial charge in [0.25, 0.3) is 11.1 Å². The third-order valence-electron chi connectivity index (χ3n) is 3.76. The lowest BCUT2D eigenvalue weighted by atomic mass is 10.1. The van der Waals surface area contributed by atoms with Gasteiger partial charge in [-0.25, -0.2) is 4.90 Å². The van der Waals surface area contributed by atoms with Crippen LogP contribution < -0.4 is 14.4 Å². The average Bonchev–Trinajstić information content (AvgIpc) is 2.93. The van der Waals surface area contributed by atoms with Crippen molar-refractivity contribution in [2.75, 3.05) is 18.1 Å². The number of benzene rings is 2. The van der Waals surface area contributed by atoms with Gasteiger partial charge in [-0.2, -0.15) is 0 Å². The van der Waals surface area contributed by atoms with Crippen molar-refractivity contribution in [1.82, 2.24) is 0 Å². The normalized spacial score (nSPS) is 15.5. The Bertz CT molecular complexity index is 898. The fourth-order valence-corrected chi connectivity index (χ4v) is 3.93. The standard InChI is InChI=1S/C20H18BrNO4S/c1-3-25-16-12-17(26-4-2)15(21)10-13(16)11-18-19(23)22(20(24)27-18)14-8-6-5-7-9-14/h5-12H,3-4H2,1-2H3/b18-11-. The number of imide groups is 1. The number of rotatable bonds is 6. The summed E-state index contributed by atoms with van der Waals surface area (Å²) in [7, 11) is 0. The molecule has 2 amide bonds. The van der Waals surface area contributed by atoms with Crippen LogP contribution in [0.1, 0.15) is 19.4 Å². The van der Waals surface area contributed by atoms with Crippen LogP contribution in [0.5, 0.6) is 11.5 Å². The topological polar surface area (TPSA) is 55.8 Å². The molecule has 1 aliphatic heterocycles. The molecule has 1 fully saturated rings. The lowest BCUT2D eigenvalue weighted by Gasteiger charge is -2.13. The zero-order chi connectivity index (χ0) is 19.4. The Morgan fingerprint density at radius 1 is 1.04 bits per heavy atom. The number of halogens is 1. The van der Waals surface area contributed by atoms with Gasteiger partial charge in [0.1, 0.15) is 11.5 Å². The van der Waals surface area contributed by atoms with Crippen LogP contribution in [-0.2, 0) is 4.79 Å². The minimum Gasteiger partial charge on any atom is -0.493 e. The van der Waals surface area contributed by atoms with Crippen molar-refractivity contribution in [2.24, 2.45) is 0 Å². The molecule has 2 aromatic rings. The van der Waals surface area contributed by atoms with Crippen LogP contribution >= 0.6 is 27.7 Å². The van der Waals surface area contributed by atoms with Crippen molar-refractivity contribution in [1.29, 1.82) is 0 Å². The van der Waals surface area contributed by atoms with Crippen molar-refractivity contribution in [3.05, 3.63) is 57.4 Å². The molecule has 7 heteroatoms. The van der Waals surface area contributed by atoms with Gasteiger partial charge >= 0.3 is 0 Å². The van der Waals surface area contributed by atoms with Crippen LogP contribution in [0.4, 0.5) is 10.5 Å². The molecule has 1 heterocycles. The van der Waals surface area contributed by atoms with E-state index in [-0.39, 0.29) is 11.1 Å². The first-order chi connectivity index (χ1) is 13.0. The van der Waals surface area contributed by atoms with Crippen LogP contribution in [0.3, 0.4) is 0 Å². The van der Waals surface area contributed by atoms with Crippen molar-refractivity contribution >= 4 is 50.6 Å². The third kappa shape index (κ3) is 4.20.